The van der Waals surface area contributed by atoms with Gasteiger partial charge in [0, 0.05) is 5.56 Å². The molecule has 0 radical (unpaired) electrons. The molecular weight excluding hydrogens is 334 g/mol. The summed E-state index contributed by atoms with van der Waals surface area (Å²) in [4.78, 5) is 0. The molecule has 0 heterocycles. The fraction of sp³-hybridized carbons (Fsp3) is 0.250. The number of hydrogen-bond acceptors (Lipinski definition) is 4. The molecule has 2 rings (SSSR count). The summed E-state index contributed by atoms with van der Waals surface area (Å²) in [5, 5.41) is 11.1. The van der Waals surface area contributed by atoms with E-state index in [0.29, 0.717) is 12.3 Å². The maximum Gasteiger partial charge on any atom is 0.288 e. The van der Waals surface area contributed by atoms with Crippen LogP contribution in [-0.2, 0) is 17.8 Å². The molecule has 4 nitrogen and oxygen atoms in total. The molecule has 1 N–H and O–H groups in total. The van der Waals surface area contributed by atoms with E-state index >= 15 is 0 Å². The lowest BCUT2D eigenvalue weighted by molar-refractivity contribution is 0.264. The number of nitrogens with zero attached hydrogens (tertiary/aromatic N) is 1. The summed E-state index contributed by atoms with van der Waals surface area (Å²) in [6, 6.07) is 11.7. The van der Waals surface area contributed by atoms with Crippen LogP contribution in [0.15, 0.2) is 43.0 Å². The maximum absolute atomic E-state index is 10.3. The van der Waals surface area contributed by atoms with Gasteiger partial charge in [-0.2, -0.15) is 5.06 Å². The van der Waals surface area contributed by atoms with Crippen LogP contribution in [0.4, 0.5) is 5.69 Å². The highest BCUT2D eigenvalue weighted by molar-refractivity contribution is 7.80. The molecule has 0 fully saturated rings. The van der Waals surface area contributed by atoms with Crippen LogP contribution in [0.3, 0.4) is 0 Å². The number of benzene rings is 2. The first kappa shape index (κ1) is 19.0. The molecule has 0 spiro atoms. The first-order valence-electron chi connectivity index (χ1n) is 8.04. The van der Waals surface area contributed by atoms with Crippen molar-refractivity contribution in [2.24, 2.45) is 0 Å². The number of rotatable bonds is 6. The third kappa shape index (κ3) is 4.59. The van der Waals surface area contributed by atoms with E-state index in [1.165, 1.54) is 12.7 Å². The van der Waals surface area contributed by atoms with Gasteiger partial charge in [-0.25, -0.2) is 0 Å². The van der Waals surface area contributed by atoms with Crippen molar-refractivity contribution in [3.05, 3.63) is 65.2 Å². The Morgan fingerprint density at radius 1 is 1.28 bits per heavy atom. The molecule has 132 valence electrons. The lowest BCUT2D eigenvalue weighted by atomic mass is 10.1. The van der Waals surface area contributed by atoms with E-state index in [9.17, 15) is 5.21 Å². The van der Waals surface area contributed by atoms with Gasteiger partial charge in [-0.15, -0.1) is 0 Å². The van der Waals surface area contributed by atoms with Gasteiger partial charge in [0.25, 0.3) is 5.17 Å². The van der Waals surface area contributed by atoms with Crippen LogP contribution in [-0.4, -0.2) is 17.5 Å². The topological polar surface area (TPSA) is 41.9 Å². The molecule has 0 atom stereocenters. The molecule has 25 heavy (non-hydrogen) atoms. The Hall–Kier alpha value is -2.37. The van der Waals surface area contributed by atoms with E-state index in [1.807, 2.05) is 25.1 Å². The van der Waals surface area contributed by atoms with E-state index < -0.39 is 0 Å². The average molecular weight is 357 g/mol. The minimum absolute atomic E-state index is 0.0362. The second-order valence-electron chi connectivity index (χ2n) is 5.62. The Bertz CT molecular complexity index is 774. The van der Waals surface area contributed by atoms with Gasteiger partial charge in [-0.1, -0.05) is 43.8 Å². The van der Waals surface area contributed by atoms with Gasteiger partial charge in [0.05, 0.1) is 12.8 Å². The van der Waals surface area contributed by atoms with Crippen molar-refractivity contribution in [3.8, 4) is 5.75 Å². The number of hydrogen-bond donors (Lipinski definition) is 1. The Morgan fingerprint density at radius 2 is 2.04 bits per heavy atom. The molecule has 0 aromatic heterocycles. The van der Waals surface area contributed by atoms with Crippen LogP contribution < -0.4 is 9.80 Å². The zero-order chi connectivity index (χ0) is 18.4. The van der Waals surface area contributed by atoms with Gasteiger partial charge in [0.2, 0.25) is 0 Å². The van der Waals surface area contributed by atoms with Gasteiger partial charge in [0.1, 0.15) is 12.4 Å². The second-order valence-corrected chi connectivity index (χ2v) is 5.97. The summed E-state index contributed by atoms with van der Waals surface area (Å²) in [7, 11) is 1.41. The first-order chi connectivity index (χ1) is 12.0. The SMILES string of the molecule is C=Cc1ccc(COc2ccc(CC)cc2C)c(N(O)C(=S)OC)c1. The zero-order valence-corrected chi connectivity index (χ0v) is 15.6. The molecule has 5 heteroatoms. The Balaban J connectivity index is 2.26. The lowest BCUT2D eigenvalue weighted by Crippen LogP contribution is -2.27. The lowest BCUT2D eigenvalue weighted by Gasteiger charge is -2.20. The monoisotopic (exact) mass is 357 g/mol. The van der Waals surface area contributed by atoms with Crippen LogP contribution in [0.25, 0.3) is 6.08 Å². The Labute approximate surface area is 154 Å². The summed E-state index contributed by atoms with van der Waals surface area (Å²) in [6.45, 7) is 8.19. The molecule has 2 aromatic carbocycles. The fourth-order valence-electron chi connectivity index (χ4n) is 2.46. The zero-order valence-electron chi connectivity index (χ0n) is 14.8. The van der Waals surface area contributed by atoms with Gasteiger partial charge in [-0.3, -0.25) is 5.21 Å². The van der Waals surface area contributed by atoms with Crippen molar-refractivity contribution in [2.45, 2.75) is 26.9 Å². The number of methoxy groups -OCH3 is 1. The smallest absolute Gasteiger partial charge is 0.288 e. The van der Waals surface area contributed by atoms with Crippen molar-refractivity contribution in [2.75, 3.05) is 12.2 Å². The van der Waals surface area contributed by atoms with Crippen molar-refractivity contribution >= 4 is 29.2 Å². The predicted octanol–water partition coefficient (Wildman–Crippen LogP) is 4.91. The molecule has 2 aromatic rings. The van der Waals surface area contributed by atoms with E-state index in [2.05, 4.69) is 25.6 Å². The highest BCUT2D eigenvalue weighted by Crippen LogP contribution is 2.26. The van der Waals surface area contributed by atoms with Crippen LogP contribution in [0.1, 0.15) is 29.2 Å². The number of anilines is 1. The van der Waals surface area contributed by atoms with Crippen molar-refractivity contribution in [3.63, 3.8) is 0 Å². The summed E-state index contributed by atoms with van der Waals surface area (Å²) in [5.41, 5.74) is 4.50. The van der Waals surface area contributed by atoms with Gasteiger partial charge in [-0.05, 0) is 54.4 Å². The first-order valence-corrected chi connectivity index (χ1v) is 8.45. The molecule has 0 bridgehead atoms. The molecular formula is C20H23NO3S. The van der Waals surface area contributed by atoms with Crippen molar-refractivity contribution in [1.82, 2.24) is 0 Å². The minimum atomic E-state index is -0.0362. The van der Waals surface area contributed by atoms with E-state index in [1.54, 1.807) is 12.1 Å². The predicted molar refractivity (Wildman–Crippen MR) is 105 cm³/mol. The fourth-order valence-corrected chi connectivity index (χ4v) is 2.56. The summed E-state index contributed by atoms with van der Waals surface area (Å²) >= 11 is 5.01. The van der Waals surface area contributed by atoms with Gasteiger partial charge >= 0.3 is 0 Å². The van der Waals surface area contributed by atoms with E-state index in [-0.39, 0.29) is 5.17 Å². The number of thiocarbonyl (C=S) groups is 1. The number of aryl methyl sites for hydroxylation is 2. The summed E-state index contributed by atoms with van der Waals surface area (Å²) < 4.78 is 10.9. The van der Waals surface area contributed by atoms with Crippen LogP contribution in [0.2, 0.25) is 0 Å². The Kier molecular flexibility index (Phi) is 6.56. The van der Waals surface area contributed by atoms with Crippen LogP contribution >= 0.6 is 12.2 Å². The van der Waals surface area contributed by atoms with Crippen molar-refractivity contribution in [1.29, 1.82) is 0 Å². The third-order valence-corrected chi connectivity index (χ3v) is 4.29. The quantitative estimate of drug-likeness (QED) is 0.588. The summed E-state index contributed by atoms with van der Waals surface area (Å²) in [5.74, 6) is 0.815. The molecule has 0 aliphatic heterocycles. The standard InChI is InChI=1S/C20H23NO3S/c1-5-15-8-10-19(14(3)11-15)24-13-17-9-7-16(6-2)12-18(17)21(22)20(25)23-4/h6-12,22H,2,5,13H2,1,3-4H3. The molecule has 0 amide bonds. The molecule has 0 aliphatic carbocycles. The van der Waals surface area contributed by atoms with E-state index in [4.69, 9.17) is 21.7 Å². The number of ether oxygens (including phenoxy) is 2. The number of hydroxylamine groups is 1. The molecule has 0 aliphatic rings. The van der Waals surface area contributed by atoms with Crippen LogP contribution in [0, 0.1) is 6.92 Å². The highest BCUT2D eigenvalue weighted by Gasteiger charge is 2.15. The maximum atomic E-state index is 10.3. The third-order valence-electron chi connectivity index (χ3n) is 3.95. The molecule has 0 saturated heterocycles. The van der Waals surface area contributed by atoms with E-state index in [0.717, 1.165) is 33.9 Å². The Morgan fingerprint density at radius 3 is 2.64 bits per heavy atom. The van der Waals surface area contributed by atoms with Crippen molar-refractivity contribution < 1.29 is 14.7 Å². The van der Waals surface area contributed by atoms with Gasteiger partial charge < -0.3 is 9.47 Å². The molecule has 0 saturated carbocycles. The van der Waals surface area contributed by atoms with Crippen LogP contribution in [0.5, 0.6) is 5.75 Å². The largest absolute Gasteiger partial charge is 0.489 e. The van der Waals surface area contributed by atoms with Gasteiger partial charge in [0.15, 0.2) is 0 Å². The minimum Gasteiger partial charge on any atom is -0.489 e. The normalized spacial score (nSPS) is 10.2. The summed E-state index contributed by atoms with van der Waals surface area (Å²) in [6.07, 6.45) is 2.69. The molecule has 0 unspecified atom stereocenters. The average Bonchev–Trinajstić information content (AvgIpc) is 2.65. The second kappa shape index (κ2) is 8.65. The highest BCUT2D eigenvalue weighted by atomic mass is 32.1.